The summed E-state index contributed by atoms with van der Waals surface area (Å²) in [4.78, 5) is 20.7. The number of rotatable bonds is 5. The smallest absolute Gasteiger partial charge is 0.230 e. The van der Waals surface area contributed by atoms with Gasteiger partial charge in [-0.2, -0.15) is 4.39 Å². The van der Waals surface area contributed by atoms with Crippen molar-refractivity contribution in [2.24, 2.45) is 0 Å². The fraction of sp³-hybridized carbons (Fsp3) is 0.185. The van der Waals surface area contributed by atoms with E-state index in [1.165, 1.54) is 12.3 Å². The van der Waals surface area contributed by atoms with Crippen LogP contribution in [0.15, 0.2) is 77.7 Å². The van der Waals surface area contributed by atoms with E-state index in [-0.39, 0.29) is 17.7 Å². The third kappa shape index (κ3) is 4.82. The van der Waals surface area contributed by atoms with Gasteiger partial charge in [0.15, 0.2) is 5.82 Å². The van der Waals surface area contributed by atoms with E-state index in [4.69, 9.17) is 4.52 Å². The Morgan fingerprint density at radius 1 is 1.00 bits per heavy atom. The van der Waals surface area contributed by atoms with Gasteiger partial charge < -0.3 is 9.84 Å². The summed E-state index contributed by atoms with van der Waals surface area (Å²) in [6.07, 6.45) is 3.49. The molecule has 0 radical (unpaired) electrons. The van der Waals surface area contributed by atoms with E-state index in [1.54, 1.807) is 18.5 Å². The lowest BCUT2D eigenvalue weighted by molar-refractivity contribution is -0.115. The first-order chi connectivity index (χ1) is 16.8. The number of nitrogens with one attached hydrogen (secondary N) is 1. The third-order valence-electron chi connectivity index (χ3n) is 5.70. The summed E-state index contributed by atoms with van der Waals surface area (Å²) in [7, 11) is 0. The molecule has 0 saturated carbocycles. The highest BCUT2D eigenvalue weighted by atomic mass is 19.1. The van der Waals surface area contributed by atoms with Crippen LogP contribution in [-0.4, -0.2) is 25.6 Å². The molecule has 1 N–H and O–H groups in total. The first-order valence-corrected chi connectivity index (χ1v) is 11.2. The number of carbonyl (C=O) groups is 1. The van der Waals surface area contributed by atoms with Gasteiger partial charge in [0.1, 0.15) is 12.1 Å². The molecule has 7 nitrogen and oxygen atoms in total. The molecule has 2 aromatic carbocycles. The van der Waals surface area contributed by atoms with Gasteiger partial charge in [-0.25, -0.2) is 9.97 Å². The normalized spacial score (nSPS) is 11.7. The number of benzene rings is 2. The Bertz CT molecular complexity index is 1500. The number of anilines is 1. The summed E-state index contributed by atoms with van der Waals surface area (Å²) in [6, 6.07) is 18.4. The molecule has 0 aliphatic heterocycles. The highest BCUT2D eigenvalue weighted by Gasteiger charge is 2.20. The SMILES string of the molecule is CC(C)(C)c1cc(NC(=O)Cc2ccc(-n3cnc4cc(-c5ccc(F)nc5)ccc43)cc2)no1. The first kappa shape index (κ1) is 22.5. The summed E-state index contributed by atoms with van der Waals surface area (Å²) < 4.78 is 20.4. The molecule has 5 aromatic rings. The van der Waals surface area contributed by atoms with Crippen LogP contribution in [0, 0.1) is 5.95 Å². The average molecular weight is 470 g/mol. The number of carbonyl (C=O) groups excluding carboxylic acids is 1. The molecule has 176 valence electrons. The van der Waals surface area contributed by atoms with E-state index in [2.05, 4.69) is 20.4 Å². The van der Waals surface area contributed by atoms with Crippen molar-refractivity contribution >= 4 is 22.8 Å². The minimum absolute atomic E-state index is 0.164. The van der Waals surface area contributed by atoms with Crippen LogP contribution in [-0.2, 0) is 16.6 Å². The van der Waals surface area contributed by atoms with E-state index in [1.807, 2.05) is 67.8 Å². The van der Waals surface area contributed by atoms with Gasteiger partial charge in [-0.05, 0) is 47.5 Å². The molecule has 0 unspecified atom stereocenters. The van der Waals surface area contributed by atoms with Gasteiger partial charge in [0.2, 0.25) is 11.9 Å². The summed E-state index contributed by atoms with van der Waals surface area (Å²) >= 11 is 0. The Kier molecular flexibility index (Phi) is 5.64. The fourth-order valence-corrected chi connectivity index (χ4v) is 3.78. The molecule has 8 heteroatoms. The highest BCUT2D eigenvalue weighted by molar-refractivity contribution is 5.91. The second kappa shape index (κ2) is 8.79. The maximum absolute atomic E-state index is 13.1. The number of imidazole rings is 1. The van der Waals surface area contributed by atoms with E-state index in [0.717, 1.165) is 33.4 Å². The van der Waals surface area contributed by atoms with Gasteiger partial charge in [-0.3, -0.25) is 9.36 Å². The van der Waals surface area contributed by atoms with E-state index in [9.17, 15) is 9.18 Å². The largest absolute Gasteiger partial charge is 0.359 e. The quantitative estimate of drug-likeness (QED) is 0.334. The second-order valence-electron chi connectivity index (χ2n) is 9.41. The standard InChI is InChI=1S/C27H24FN5O2/c1-27(2,3)23-14-25(32-35-23)31-26(34)12-17-4-8-20(9-5-17)33-16-30-21-13-18(6-10-22(21)33)19-7-11-24(28)29-15-19/h4-11,13-16H,12H2,1-3H3,(H,31,32,34). The number of hydrogen-bond acceptors (Lipinski definition) is 5. The van der Waals surface area contributed by atoms with Crippen molar-refractivity contribution < 1.29 is 13.7 Å². The maximum Gasteiger partial charge on any atom is 0.230 e. The molecule has 35 heavy (non-hydrogen) atoms. The predicted molar refractivity (Wildman–Crippen MR) is 132 cm³/mol. The van der Waals surface area contributed by atoms with E-state index in [0.29, 0.717) is 11.6 Å². The Labute approximate surface area is 201 Å². The number of nitrogens with zero attached hydrogens (tertiary/aromatic N) is 4. The van der Waals surface area contributed by atoms with Crippen LogP contribution >= 0.6 is 0 Å². The summed E-state index contributed by atoms with van der Waals surface area (Å²) in [5, 5.41) is 6.72. The lowest BCUT2D eigenvalue weighted by Gasteiger charge is -2.12. The van der Waals surface area contributed by atoms with Gasteiger partial charge in [0.05, 0.1) is 17.5 Å². The topological polar surface area (TPSA) is 85.8 Å². The van der Waals surface area contributed by atoms with Crippen molar-refractivity contribution in [3.8, 4) is 16.8 Å². The van der Waals surface area contributed by atoms with Crippen molar-refractivity contribution in [1.29, 1.82) is 0 Å². The van der Waals surface area contributed by atoms with Crippen molar-refractivity contribution in [3.63, 3.8) is 0 Å². The number of fused-ring (bicyclic) bond motifs is 1. The molecule has 0 bridgehead atoms. The zero-order chi connectivity index (χ0) is 24.6. The number of halogens is 1. The van der Waals surface area contributed by atoms with E-state index < -0.39 is 5.95 Å². The third-order valence-corrected chi connectivity index (χ3v) is 5.70. The van der Waals surface area contributed by atoms with E-state index >= 15 is 0 Å². The molecule has 5 rings (SSSR count). The lowest BCUT2D eigenvalue weighted by atomic mass is 9.93. The monoisotopic (exact) mass is 469 g/mol. The summed E-state index contributed by atoms with van der Waals surface area (Å²) in [6.45, 7) is 6.06. The Hall–Kier alpha value is -4.33. The molecule has 0 aliphatic rings. The van der Waals surface area contributed by atoms with Crippen molar-refractivity contribution in [2.45, 2.75) is 32.6 Å². The van der Waals surface area contributed by atoms with Crippen molar-refractivity contribution in [2.75, 3.05) is 5.32 Å². The number of aromatic nitrogens is 4. The van der Waals surface area contributed by atoms with Crippen LogP contribution in [0.1, 0.15) is 32.1 Å². The first-order valence-electron chi connectivity index (χ1n) is 11.2. The Morgan fingerprint density at radius 2 is 1.77 bits per heavy atom. The lowest BCUT2D eigenvalue weighted by Crippen LogP contribution is -2.14. The van der Waals surface area contributed by atoms with Crippen LogP contribution in [0.3, 0.4) is 0 Å². The predicted octanol–water partition coefficient (Wildman–Crippen LogP) is 5.69. The van der Waals surface area contributed by atoms with Gasteiger partial charge >= 0.3 is 0 Å². The van der Waals surface area contributed by atoms with Crippen LogP contribution in [0.4, 0.5) is 10.2 Å². The van der Waals surface area contributed by atoms with Crippen LogP contribution in [0.25, 0.3) is 27.8 Å². The second-order valence-corrected chi connectivity index (χ2v) is 9.41. The molecule has 3 heterocycles. The number of pyridine rings is 1. The van der Waals surface area contributed by atoms with Gasteiger partial charge in [0.25, 0.3) is 0 Å². The molecule has 1 amide bonds. The van der Waals surface area contributed by atoms with Crippen LogP contribution in [0.2, 0.25) is 0 Å². The molecule has 3 aromatic heterocycles. The Morgan fingerprint density at radius 3 is 2.46 bits per heavy atom. The minimum atomic E-state index is -0.507. The number of amides is 1. The molecule has 0 atom stereocenters. The molecular formula is C27H24FN5O2. The fourth-order valence-electron chi connectivity index (χ4n) is 3.78. The van der Waals surface area contributed by atoms with Gasteiger partial charge in [-0.15, -0.1) is 0 Å². The van der Waals surface area contributed by atoms with Gasteiger partial charge in [0, 0.05) is 28.9 Å². The number of hydrogen-bond donors (Lipinski definition) is 1. The van der Waals surface area contributed by atoms with Gasteiger partial charge in [-0.1, -0.05) is 44.1 Å². The zero-order valence-corrected chi connectivity index (χ0v) is 19.6. The average Bonchev–Trinajstić information content (AvgIpc) is 3.47. The van der Waals surface area contributed by atoms with Crippen molar-refractivity contribution in [3.05, 3.63) is 90.5 Å². The Balaban J connectivity index is 1.29. The zero-order valence-electron chi connectivity index (χ0n) is 19.6. The maximum atomic E-state index is 13.1. The highest BCUT2D eigenvalue weighted by Crippen LogP contribution is 2.26. The minimum Gasteiger partial charge on any atom is -0.359 e. The summed E-state index contributed by atoms with van der Waals surface area (Å²) in [5.74, 6) is 0.457. The molecule has 0 saturated heterocycles. The molecular weight excluding hydrogens is 445 g/mol. The molecule has 0 spiro atoms. The van der Waals surface area contributed by atoms with Crippen LogP contribution in [0.5, 0.6) is 0 Å². The molecule has 0 fully saturated rings. The molecule has 0 aliphatic carbocycles. The van der Waals surface area contributed by atoms with Crippen LogP contribution < -0.4 is 5.32 Å². The van der Waals surface area contributed by atoms with Crippen molar-refractivity contribution in [1.82, 2.24) is 19.7 Å². The summed E-state index contributed by atoms with van der Waals surface area (Å²) in [5.41, 5.74) is 5.13.